The van der Waals surface area contributed by atoms with Crippen LogP contribution in [0.15, 0.2) is 30.5 Å². The van der Waals surface area contributed by atoms with Crippen LogP contribution < -0.4 is 4.90 Å². The maximum Gasteiger partial charge on any atom is 0.306 e. The number of piperidine rings is 1. The molecule has 3 rings (SSSR count). The molecular formula is C18H21FN2O2. The van der Waals surface area contributed by atoms with Crippen LogP contribution in [0.5, 0.6) is 0 Å². The Bertz CT molecular complexity index is 696. The summed E-state index contributed by atoms with van der Waals surface area (Å²) in [5.41, 5.74) is 1.82. The third kappa shape index (κ3) is 3.60. The number of pyridine rings is 1. The van der Waals surface area contributed by atoms with Crippen LogP contribution >= 0.6 is 0 Å². The van der Waals surface area contributed by atoms with Crippen molar-refractivity contribution in [3.05, 3.63) is 36.3 Å². The first kappa shape index (κ1) is 15.7. The van der Waals surface area contributed by atoms with Gasteiger partial charge in [-0.25, -0.2) is 4.39 Å². The third-order valence-electron chi connectivity index (χ3n) is 4.40. The van der Waals surface area contributed by atoms with E-state index in [2.05, 4.69) is 9.88 Å². The molecule has 1 fully saturated rings. The summed E-state index contributed by atoms with van der Waals surface area (Å²) in [6, 6.07) is 6.63. The average Bonchev–Trinajstić information content (AvgIpc) is 2.55. The molecule has 0 spiro atoms. The number of rotatable bonds is 4. The van der Waals surface area contributed by atoms with Gasteiger partial charge in [-0.1, -0.05) is 0 Å². The zero-order chi connectivity index (χ0) is 16.2. The number of carbonyl (C=O) groups excluding carboxylic acids is 1. The summed E-state index contributed by atoms with van der Waals surface area (Å²) in [6.45, 7) is 3.99. The average molecular weight is 316 g/mol. The van der Waals surface area contributed by atoms with Crippen LogP contribution in [0.2, 0.25) is 0 Å². The summed E-state index contributed by atoms with van der Waals surface area (Å²) in [6.07, 6.45) is 4.14. The number of fused-ring (bicyclic) bond motifs is 1. The van der Waals surface area contributed by atoms with Gasteiger partial charge < -0.3 is 9.64 Å². The number of hydrogen-bond donors (Lipinski definition) is 0. The van der Waals surface area contributed by atoms with Crippen LogP contribution in [0.4, 0.5) is 10.1 Å². The molecule has 1 saturated heterocycles. The summed E-state index contributed by atoms with van der Waals surface area (Å²) in [7, 11) is 0. The van der Waals surface area contributed by atoms with Gasteiger partial charge in [0.25, 0.3) is 0 Å². The molecule has 2 aromatic rings. The monoisotopic (exact) mass is 316 g/mol. The molecule has 5 heteroatoms. The van der Waals surface area contributed by atoms with Gasteiger partial charge in [0.2, 0.25) is 0 Å². The number of nitrogens with zero attached hydrogens (tertiary/aromatic N) is 2. The Balaban J connectivity index is 1.71. The molecule has 2 heterocycles. The van der Waals surface area contributed by atoms with Crippen molar-refractivity contribution >= 4 is 22.6 Å². The first-order valence-electron chi connectivity index (χ1n) is 8.12. The number of carbonyl (C=O) groups is 1. The molecule has 0 N–H and O–H groups in total. The maximum absolute atomic E-state index is 13.6. The molecule has 1 aliphatic heterocycles. The van der Waals surface area contributed by atoms with Gasteiger partial charge in [-0.2, -0.15) is 0 Å². The van der Waals surface area contributed by atoms with E-state index in [1.54, 1.807) is 18.3 Å². The predicted octanol–water partition coefficient (Wildman–Crippen LogP) is 3.54. The predicted molar refractivity (Wildman–Crippen MR) is 87.9 cm³/mol. The molecule has 1 aliphatic rings. The SMILES string of the molecule is CCOC(=O)CC1CCN(c2ccnc3ccc(F)cc23)CC1. The number of esters is 1. The molecule has 0 bridgehead atoms. The second-order valence-electron chi connectivity index (χ2n) is 5.93. The van der Waals surface area contributed by atoms with E-state index in [4.69, 9.17) is 4.74 Å². The van der Waals surface area contributed by atoms with Crippen LogP contribution in [0, 0.1) is 11.7 Å². The highest BCUT2D eigenvalue weighted by Crippen LogP contribution is 2.30. The van der Waals surface area contributed by atoms with Gasteiger partial charge in [-0.3, -0.25) is 9.78 Å². The molecule has 122 valence electrons. The van der Waals surface area contributed by atoms with Crippen molar-refractivity contribution in [2.45, 2.75) is 26.2 Å². The highest BCUT2D eigenvalue weighted by molar-refractivity contribution is 5.91. The minimum absolute atomic E-state index is 0.109. The van der Waals surface area contributed by atoms with Crippen molar-refractivity contribution in [3.8, 4) is 0 Å². The van der Waals surface area contributed by atoms with E-state index in [9.17, 15) is 9.18 Å². The number of hydrogen-bond acceptors (Lipinski definition) is 4. The molecule has 0 saturated carbocycles. The number of halogens is 1. The van der Waals surface area contributed by atoms with Crippen LogP contribution in [0.1, 0.15) is 26.2 Å². The summed E-state index contributed by atoms with van der Waals surface area (Å²) in [4.78, 5) is 18.1. The smallest absolute Gasteiger partial charge is 0.306 e. The fourth-order valence-corrected chi connectivity index (χ4v) is 3.21. The normalized spacial score (nSPS) is 15.8. The largest absolute Gasteiger partial charge is 0.466 e. The molecule has 0 amide bonds. The molecule has 1 aromatic heterocycles. The van der Waals surface area contributed by atoms with E-state index >= 15 is 0 Å². The summed E-state index contributed by atoms with van der Waals surface area (Å²) in [5, 5.41) is 0.844. The van der Waals surface area contributed by atoms with Crippen molar-refractivity contribution in [2.75, 3.05) is 24.6 Å². The lowest BCUT2D eigenvalue weighted by Crippen LogP contribution is -2.34. The van der Waals surface area contributed by atoms with E-state index in [0.29, 0.717) is 18.9 Å². The molecule has 0 atom stereocenters. The molecular weight excluding hydrogens is 295 g/mol. The first-order chi connectivity index (χ1) is 11.2. The van der Waals surface area contributed by atoms with E-state index in [-0.39, 0.29) is 11.8 Å². The van der Waals surface area contributed by atoms with E-state index in [1.165, 1.54) is 6.07 Å². The summed E-state index contributed by atoms with van der Waals surface area (Å²) < 4.78 is 18.6. The number of aromatic nitrogens is 1. The lowest BCUT2D eigenvalue weighted by molar-refractivity contribution is -0.144. The lowest BCUT2D eigenvalue weighted by atomic mass is 9.93. The summed E-state index contributed by atoms with van der Waals surface area (Å²) in [5.74, 6) is 0.0152. The van der Waals surface area contributed by atoms with E-state index < -0.39 is 0 Å². The van der Waals surface area contributed by atoms with Gasteiger partial charge in [-0.15, -0.1) is 0 Å². The zero-order valence-corrected chi connectivity index (χ0v) is 13.3. The minimum atomic E-state index is -0.246. The van der Waals surface area contributed by atoms with Crippen LogP contribution in [0.3, 0.4) is 0 Å². The van der Waals surface area contributed by atoms with E-state index in [1.807, 2.05) is 13.0 Å². The Labute approximate surface area is 135 Å². The van der Waals surface area contributed by atoms with E-state index in [0.717, 1.165) is 42.5 Å². The van der Waals surface area contributed by atoms with Gasteiger partial charge in [0.1, 0.15) is 5.82 Å². The quantitative estimate of drug-likeness (QED) is 0.809. The number of anilines is 1. The van der Waals surface area contributed by atoms with Crippen molar-refractivity contribution in [3.63, 3.8) is 0 Å². The van der Waals surface area contributed by atoms with Crippen LogP contribution in [0.25, 0.3) is 10.9 Å². The van der Waals surface area contributed by atoms with Gasteiger partial charge in [-0.05, 0) is 49.9 Å². The highest BCUT2D eigenvalue weighted by atomic mass is 19.1. The lowest BCUT2D eigenvalue weighted by Gasteiger charge is -2.33. The second kappa shape index (κ2) is 6.94. The molecule has 0 unspecified atom stereocenters. The number of ether oxygens (including phenoxy) is 1. The van der Waals surface area contributed by atoms with Crippen molar-refractivity contribution in [2.24, 2.45) is 5.92 Å². The maximum atomic E-state index is 13.6. The zero-order valence-electron chi connectivity index (χ0n) is 13.3. The topological polar surface area (TPSA) is 42.4 Å². The van der Waals surface area contributed by atoms with Gasteiger partial charge in [0.05, 0.1) is 12.1 Å². The van der Waals surface area contributed by atoms with Crippen molar-refractivity contribution < 1.29 is 13.9 Å². The molecule has 0 radical (unpaired) electrons. The fraction of sp³-hybridized carbons (Fsp3) is 0.444. The van der Waals surface area contributed by atoms with Crippen LogP contribution in [-0.2, 0) is 9.53 Å². The van der Waals surface area contributed by atoms with Gasteiger partial charge >= 0.3 is 5.97 Å². The molecule has 23 heavy (non-hydrogen) atoms. The molecule has 1 aromatic carbocycles. The fourth-order valence-electron chi connectivity index (χ4n) is 3.21. The standard InChI is InChI=1S/C18H21FN2O2/c1-2-23-18(22)11-13-6-9-21(10-7-13)17-5-8-20-16-4-3-14(19)12-15(16)17/h3-5,8,12-13H,2,6-7,9-11H2,1H3. The van der Waals surface area contributed by atoms with Crippen molar-refractivity contribution in [1.29, 1.82) is 0 Å². The molecule has 0 aliphatic carbocycles. The Hall–Kier alpha value is -2.17. The summed E-state index contributed by atoms with van der Waals surface area (Å²) >= 11 is 0. The first-order valence-corrected chi connectivity index (χ1v) is 8.12. The number of benzene rings is 1. The highest BCUT2D eigenvalue weighted by Gasteiger charge is 2.23. The van der Waals surface area contributed by atoms with Gasteiger partial charge in [0, 0.05) is 36.8 Å². The minimum Gasteiger partial charge on any atom is -0.466 e. The Morgan fingerprint density at radius 1 is 1.35 bits per heavy atom. The Kier molecular flexibility index (Phi) is 4.74. The third-order valence-corrected chi connectivity index (χ3v) is 4.40. The Morgan fingerprint density at radius 2 is 2.13 bits per heavy atom. The second-order valence-corrected chi connectivity index (χ2v) is 5.93. The van der Waals surface area contributed by atoms with Crippen LogP contribution in [-0.4, -0.2) is 30.6 Å². The van der Waals surface area contributed by atoms with Crippen molar-refractivity contribution in [1.82, 2.24) is 4.98 Å². The Morgan fingerprint density at radius 3 is 2.87 bits per heavy atom. The molecule has 4 nitrogen and oxygen atoms in total. The van der Waals surface area contributed by atoms with Gasteiger partial charge in [0.15, 0.2) is 0 Å².